The molecule has 3 N–H and O–H groups in total. The van der Waals surface area contributed by atoms with Crippen LogP contribution in [0.4, 0.5) is 5.82 Å². The molecule has 1 aliphatic rings. The van der Waals surface area contributed by atoms with Gasteiger partial charge in [0, 0.05) is 13.1 Å². The zero-order valence-corrected chi connectivity index (χ0v) is 14.2. The molecule has 1 aliphatic heterocycles. The average Bonchev–Trinajstić information content (AvgIpc) is 3.07. The van der Waals surface area contributed by atoms with E-state index in [1.165, 1.54) is 6.33 Å². The third-order valence-corrected chi connectivity index (χ3v) is 5.00. The fourth-order valence-corrected chi connectivity index (χ4v) is 3.45. The van der Waals surface area contributed by atoms with Gasteiger partial charge in [-0.25, -0.2) is 9.98 Å². The monoisotopic (exact) mass is 363 g/mol. The molecule has 132 valence electrons. The van der Waals surface area contributed by atoms with Crippen LogP contribution < -0.4 is 10.2 Å². The van der Waals surface area contributed by atoms with Gasteiger partial charge < -0.3 is 15.2 Å². The minimum atomic E-state index is -4.90. The highest BCUT2D eigenvalue weighted by Gasteiger charge is 2.53. The molecule has 1 atom stereocenters. The van der Waals surface area contributed by atoms with Crippen molar-refractivity contribution in [3.05, 3.63) is 47.9 Å². The summed E-state index contributed by atoms with van der Waals surface area (Å²) in [6, 6.07) is 8.93. The molecular weight excluding hydrogens is 346 g/mol. The third-order valence-electron chi connectivity index (χ3n) is 3.83. The molecule has 0 aliphatic carbocycles. The molecule has 1 unspecified atom stereocenters. The smallest absolute Gasteiger partial charge is 0.320 e. The van der Waals surface area contributed by atoms with Gasteiger partial charge in [0.15, 0.2) is 17.9 Å². The molecular formula is C15H17N5O4S. The minimum Gasteiger partial charge on any atom is -0.369 e. The van der Waals surface area contributed by atoms with Crippen molar-refractivity contribution in [2.45, 2.75) is 18.5 Å². The number of benzene rings is 1. The van der Waals surface area contributed by atoms with Crippen LogP contribution in [-0.2, 0) is 21.5 Å². The van der Waals surface area contributed by atoms with Crippen LogP contribution in [0.25, 0.3) is 0 Å². The van der Waals surface area contributed by atoms with Gasteiger partial charge in [0.25, 0.3) is 0 Å². The van der Waals surface area contributed by atoms with E-state index in [0.717, 1.165) is 10.5 Å². The molecule has 2 heterocycles. The van der Waals surface area contributed by atoms with Gasteiger partial charge in [0.2, 0.25) is 0 Å². The van der Waals surface area contributed by atoms with Gasteiger partial charge in [0.1, 0.15) is 5.69 Å². The summed E-state index contributed by atoms with van der Waals surface area (Å²) in [6.45, 7) is 2.25. The van der Waals surface area contributed by atoms with E-state index in [1.807, 2.05) is 6.07 Å². The first-order valence-corrected chi connectivity index (χ1v) is 8.99. The Kier molecular flexibility index (Phi) is 4.31. The maximum atomic E-state index is 12.1. The van der Waals surface area contributed by atoms with E-state index in [1.54, 1.807) is 31.2 Å². The van der Waals surface area contributed by atoms with E-state index in [2.05, 4.69) is 20.3 Å². The Morgan fingerprint density at radius 2 is 2.08 bits per heavy atom. The quantitative estimate of drug-likeness (QED) is 0.522. The lowest BCUT2D eigenvalue weighted by molar-refractivity contribution is -0.110. The van der Waals surface area contributed by atoms with E-state index < -0.39 is 15.1 Å². The Hall–Kier alpha value is -2.72. The first-order valence-electron chi connectivity index (χ1n) is 7.55. The van der Waals surface area contributed by atoms with Gasteiger partial charge in [-0.2, -0.15) is 8.42 Å². The normalized spacial score (nSPS) is 19.9. The number of hydrogen-bond acceptors (Lipinski definition) is 7. The van der Waals surface area contributed by atoms with Crippen LogP contribution in [0.2, 0.25) is 0 Å². The maximum Gasteiger partial charge on any atom is 0.320 e. The second-order valence-corrected chi connectivity index (χ2v) is 6.97. The highest BCUT2D eigenvalue weighted by atomic mass is 32.2. The summed E-state index contributed by atoms with van der Waals surface area (Å²) in [5.41, 5.74) is 1.17. The number of H-pyrrole nitrogens is 1. The number of carbonyl (C=O) groups is 1. The number of rotatable bonds is 5. The average molecular weight is 363 g/mol. The number of aromatic nitrogens is 2. The molecule has 1 aromatic carbocycles. The second-order valence-electron chi connectivity index (χ2n) is 5.42. The summed E-state index contributed by atoms with van der Waals surface area (Å²) in [5, 5.41) is 2.89. The van der Waals surface area contributed by atoms with E-state index in [4.69, 9.17) is 0 Å². The summed E-state index contributed by atoms with van der Waals surface area (Å²) >= 11 is 0. The van der Waals surface area contributed by atoms with Crippen molar-refractivity contribution in [2.75, 3.05) is 11.4 Å². The highest BCUT2D eigenvalue weighted by molar-refractivity contribution is 7.88. The standard InChI is InChI=1S/C15H17N5O4S/c1-2-16-13-12-14(18-10-17-12)20(8-11-6-4-3-5-7-11)15(9-21,19-13)25(22,23)24/h3-7,9-10H,2,8H2,1H3,(H,16,19)(H,17,18)(H,22,23,24). The largest absolute Gasteiger partial charge is 0.369 e. The van der Waals surface area contributed by atoms with Crippen LogP contribution in [0, 0.1) is 0 Å². The van der Waals surface area contributed by atoms with Crippen LogP contribution in [-0.4, -0.2) is 46.6 Å². The summed E-state index contributed by atoms with van der Waals surface area (Å²) in [4.78, 5) is 21.6. The van der Waals surface area contributed by atoms with Crippen molar-refractivity contribution >= 4 is 28.1 Å². The molecule has 9 nitrogen and oxygen atoms in total. The van der Waals surface area contributed by atoms with Crippen molar-refractivity contribution in [3.63, 3.8) is 0 Å². The van der Waals surface area contributed by atoms with Crippen LogP contribution in [0.3, 0.4) is 0 Å². The Balaban J connectivity index is 2.21. The first kappa shape index (κ1) is 17.1. The van der Waals surface area contributed by atoms with Gasteiger partial charge >= 0.3 is 15.1 Å². The fraction of sp³-hybridized carbons (Fsp3) is 0.267. The van der Waals surface area contributed by atoms with Crippen LogP contribution in [0.15, 0.2) is 41.7 Å². The summed E-state index contributed by atoms with van der Waals surface area (Å²) in [6.07, 6.45) is 1.49. The van der Waals surface area contributed by atoms with Gasteiger partial charge in [-0.1, -0.05) is 30.3 Å². The lowest BCUT2D eigenvalue weighted by Crippen LogP contribution is -2.58. The molecule has 3 rings (SSSR count). The molecule has 0 bridgehead atoms. The van der Waals surface area contributed by atoms with E-state index in [-0.39, 0.29) is 24.5 Å². The molecule has 0 amide bonds. The van der Waals surface area contributed by atoms with Gasteiger partial charge in [-0.15, -0.1) is 0 Å². The van der Waals surface area contributed by atoms with E-state index in [9.17, 15) is 17.8 Å². The van der Waals surface area contributed by atoms with Crippen molar-refractivity contribution in [1.82, 2.24) is 15.3 Å². The number of nitrogens with one attached hydrogen (secondary N) is 2. The maximum absolute atomic E-state index is 12.1. The third kappa shape index (κ3) is 2.79. The highest BCUT2D eigenvalue weighted by Crippen LogP contribution is 2.35. The van der Waals surface area contributed by atoms with Gasteiger partial charge in [-0.3, -0.25) is 9.35 Å². The van der Waals surface area contributed by atoms with E-state index >= 15 is 0 Å². The predicted octanol–water partition coefficient (Wildman–Crippen LogP) is 0.527. The zero-order chi connectivity index (χ0) is 18.1. The number of carbonyl (C=O) groups excluding carboxylic acids is 1. The molecule has 10 heteroatoms. The van der Waals surface area contributed by atoms with Crippen molar-refractivity contribution in [1.29, 1.82) is 0 Å². The number of anilines is 1. The molecule has 0 spiro atoms. The van der Waals surface area contributed by atoms with Gasteiger partial charge in [0.05, 0.1) is 6.33 Å². The molecule has 0 saturated carbocycles. The molecule has 25 heavy (non-hydrogen) atoms. The number of amidine groups is 1. The van der Waals surface area contributed by atoms with Crippen molar-refractivity contribution in [2.24, 2.45) is 4.99 Å². The number of aliphatic imine (C=N–C) groups is 1. The number of fused-ring (bicyclic) bond motifs is 1. The van der Waals surface area contributed by atoms with Crippen molar-refractivity contribution in [3.8, 4) is 0 Å². The lowest BCUT2D eigenvalue weighted by atomic mass is 10.2. The minimum absolute atomic E-state index is 0.0140. The van der Waals surface area contributed by atoms with E-state index in [0.29, 0.717) is 12.2 Å². The summed E-state index contributed by atoms with van der Waals surface area (Å²) in [5.74, 6) is 0.351. The summed E-state index contributed by atoms with van der Waals surface area (Å²) in [7, 11) is -4.90. The number of aromatic amines is 1. The molecule has 1 aromatic heterocycles. The molecule has 0 saturated heterocycles. The topological polar surface area (TPSA) is 128 Å². The Bertz CT molecular complexity index is 909. The molecule has 2 aromatic rings. The Morgan fingerprint density at radius 3 is 2.68 bits per heavy atom. The SMILES string of the molecule is CCNC1=NC(C=O)(S(=O)(=O)O)N(Cc2ccccc2)c2nc[nH]c21. The van der Waals surface area contributed by atoms with Crippen molar-refractivity contribution < 1.29 is 17.8 Å². The number of hydrogen-bond donors (Lipinski definition) is 3. The molecule has 0 radical (unpaired) electrons. The predicted molar refractivity (Wildman–Crippen MR) is 91.8 cm³/mol. The molecule has 0 fully saturated rings. The Labute approximate surface area is 144 Å². The first-order chi connectivity index (χ1) is 11.9. The lowest BCUT2D eigenvalue weighted by Gasteiger charge is -2.38. The zero-order valence-electron chi connectivity index (χ0n) is 13.4. The fourth-order valence-electron chi connectivity index (χ4n) is 2.69. The van der Waals surface area contributed by atoms with Gasteiger partial charge in [-0.05, 0) is 12.5 Å². The number of imidazole rings is 1. The summed E-state index contributed by atoms with van der Waals surface area (Å²) < 4.78 is 34.1. The Morgan fingerprint density at radius 1 is 1.36 bits per heavy atom. The van der Waals surface area contributed by atoms with Crippen LogP contribution >= 0.6 is 0 Å². The second kappa shape index (κ2) is 6.30. The van der Waals surface area contributed by atoms with Crippen LogP contribution in [0.5, 0.6) is 0 Å². The number of aldehydes is 1. The van der Waals surface area contributed by atoms with Crippen LogP contribution in [0.1, 0.15) is 18.2 Å². The number of nitrogens with zero attached hydrogens (tertiary/aromatic N) is 3.